The largest absolute Gasteiger partial charge is 0.334 e. The van der Waals surface area contributed by atoms with Gasteiger partial charge in [-0.3, -0.25) is 19.4 Å². The van der Waals surface area contributed by atoms with E-state index in [4.69, 9.17) is 11.6 Å². The molecule has 1 atom stereocenters. The molecule has 2 saturated heterocycles. The summed E-state index contributed by atoms with van der Waals surface area (Å²) >= 11 is 6.19. The molecule has 0 spiro atoms. The van der Waals surface area contributed by atoms with Gasteiger partial charge in [-0.15, -0.1) is 0 Å². The molecule has 2 aromatic rings. The molecule has 4 rings (SSSR count). The Balaban J connectivity index is 1.41. The maximum atomic E-state index is 13.2. The number of carbonyl (C=O) groups is 3. The van der Waals surface area contributed by atoms with Gasteiger partial charge in [-0.1, -0.05) is 29.8 Å². The number of hydrogen-bond donors (Lipinski definition) is 1. The summed E-state index contributed by atoms with van der Waals surface area (Å²) < 4.78 is 13.2. The number of nitrogens with zero attached hydrogens (tertiary/aromatic N) is 3. The lowest BCUT2D eigenvalue weighted by Gasteiger charge is -2.39. The van der Waals surface area contributed by atoms with E-state index >= 15 is 0 Å². The molecule has 36 heavy (non-hydrogen) atoms. The van der Waals surface area contributed by atoms with Gasteiger partial charge in [-0.2, -0.15) is 0 Å². The van der Waals surface area contributed by atoms with Crippen LogP contribution in [0.25, 0.3) is 6.08 Å². The Kier molecular flexibility index (Phi) is 7.47. The Morgan fingerprint density at radius 2 is 1.86 bits per heavy atom. The average Bonchev–Trinajstić information content (AvgIpc) is 3.01. The lowest BCUT2D eigenvalue weighted by atomic mass is 10.0. The van der Waals surface area contributed by atoms with E-state index in [2.05, 4.69) is 10.2 Å². The summed E-state index contributed by atoms with van der Waals surface area (Å²) in [6.07, 6.45) is 3.23. The Bertz CT molecular complexity index is 1200. The van der Waals surface area contributed by atoms with E-state index in [1.807, 2.05) is 11.8 Å². The second-order valence-electron chi connectivity index (χ2n) is 9.87. The first kappa shape index (κ1) is 25.9. The molecular formula is C27H30ClFN4O3. The van der Waals surface area contributed by atoms with Crippen LogP contribution in [0.5, 0.6) is 0 Å². The van der Waals surface area contributed by atoms with Crippen LogP contribution in [0.4, 0.5) is 9.18 Å². The number of urea groups is 1. The summed E-state index contributed by atoms with van der Waals surface area (Å²) in [5, 5.41) is 3.15. The first-order chi connectivity index (χ1) is 17.0. The van der Waals surface area contributed by atoms with Crippen LogP contribution in [-0.2, 0) is 22.7 Å². The standard InChI is InChI=1S/C27H30ClFN4O3/c1-18-15-31(16-19-4-9-23(29)10-5-19)12-13-32(18)24(34)11-7-20-6-8-22(28)14-21(20)17-33-25(35)27(2,3)30-26(33)36/h4-11,14,18H,12-13,15-17H2,1-3H3,(H,30,36)/b11-7+/t18-/m1/s1. The summed E-state index contributed by atoms with van der Waals surface area (Å²) in [4.78, 5) is 43.2. The van der Waals surface area contributed by atoms with Crippen molar-refractivity contribution in [1.29, 1.82) is 0 Å². The van der Waals surface area contributed by atoms with Crippen LogP contribution < -0.4 is 5.32 Å². The van der Waals surface area contributed by atoms with Gasteiger partial charge in [0.2, 0.25) is 5.91 Å². The summed E-state index contributed by atoms with van der Waals surface area (Å²) in [5.74, 6) is -0.677. The highest BCUT2D eigenvalue weighted by Crippen LogP contribution is 2.24. The number of hydrogen-bond acceptors (Lipinski definition) is 4. The molecule has 2 heterocycles. The van der Waals surface area contributed by atoms with Gasteiger partial charge < -0.3 is 10.2 Å². The summed E-state index contributed by atoms with van der Waals surface area (Å²) in [6, 6.07) is 11.2. The van der Waals surface area contributed by atoms with Crippen molar-refractivity contribution >= 4 is 35.5 Å². The van der Waals surface area contributed by atoms with E-state index in [0.29, 0.717) is 35.8 Å². The molecule has 2 aromatic carbocycles. The zero-order valence-electron chi connectivity index (χ0n) is 20.6. The van der Waals surface area contributed by atoms with Crippen LogP contribution in [0.2, 0.25) is 5.02 Å². The third-order valence-electron chi connectivity index (χ3n) is 6.60. The van der Waals surface area contributed by atoms with Crippen molar-refractivity contribution < 1.29 is 18.8 Å². The van der Waals surface area contributed by atoms with Gasteiger partial charge in [0.05, 0.1) is 6.54 Å². The number of imide groups is 1. The highest BCUT2D eigenvalue weighted by atomic mass is 35.5. The molecule has 0 radical (unpaired) electrons. The fourth-order valence-electron chi connectivity index (χ4n) is 4.61. The monoisotopic (exact) mass is 512 g/mol. The molecule has 9 heteroatoms. The maximum absolute atomic E-state index is 13.2. The molecule has 0 aromatic heterocycles. The van der Waals surface area contributed by atoms with E-state index in [9.17, 15) is 18.8 Å². The number of carbonyl (C=O) groups excluding carboxylic acids is 3. The third-order valence-corrected chi connectivity index (χ3v) is 6.83. The van der Waals surface area contributed by atoms with Gasteiger partial charge in [-0.25, -0.2) is 9.18 Å². The molecule has 2 aliphatic heterocycles. The van der Waals surface area contributed by atoms with Crippen LogP contribution in [0, 0.1) is 5.82 Å². The van der Waals surface area contributed by atoms with Crippen molar-refractivity contribution in [3.63, 3.8) is 0 Å². The Hall–Kier alpha value is -3.23. The average molecular weight is 513 g/mol. The smallest absolute Gasteiger partial charge is 0.325 e. The van der Waals surface area contributed by atoms with Gasteiger partial charge in [0.25, 0.3) is 5.91 Å². The molecule has 0 aliphatic carbocycles. The van der Waals surface area contributed by atoms with E-state index in [1.54, 1.807) is 50.3 Å². The molecule has 2 aliphatic rings. The predicted molar refractivity (Wildman–Crippen MR) is 136 cm³/mol. The van der Waals surface area contributed by atoms with Gasteiger partial charge in [-0.05, 0) is 67.8 Å². The number of halogens is 2. The summed E-state index contributed by atoms with van der Waals surface area (Å²) in [7, 11) is 0. The fourth-order valence-corrected chi connectivity index (χ4v) is 4.81. The fraction of sp³-hybridized carbons (Fsp3) is 0.370. The van der Waals surface area contributed by atoms with Crippen molar-refractivity contribution in [3.8, 4) is 0 Å². The van der Waals surface area contributed by atoms with E-state index in [0.717, 1.165) is 17.0 Å². The second kappa shape index (κ2) is 10.4. The highest BCUT2D eigenvalue weighted by Gasteiger charge is 2.44. The van der Waals surface area contributed by atoms with Crippen LogP contribution in [-0.4, -0.2) is 63.8 Å². The van der Waals surface area contributed by atoms with Crippen LogP contribution in [0.1, 0.15) is 37.5 Å². The molecule has 0 saturated carbocycles. The first-order valence-corrected chi connectivity index (χ1v) is 12.3. The van der Waals surface area contributed by atoms with Crippen molar-refractivity contribution in [1.82, 2.24) is 20.0 Å². The van der Waals surface area contributed by atoms with Crippen LogP contribution in [0.3, 0.4) is 0 Å². The topological polar surface area (TPSA) is 73.0 Å². The van der Waals surface area contributed by atoms with Gasteiger partial charge in [0, 0.05) is 43.3 Å². The zero-order chi connectivity index (χ0) is 26.0. The summed E-state index contributed by atoms with van der Waals surface area (Å²) in [6.45, 7) is 8.10. The maximum Gasteiger partial charge on any atom is 0.325 e. The minimum Gasteiger partial charge on any atom is -0.334 e. The van der Waals surface area contributed by atoms with Gasteiger partial charge >= 0.3 is 6.03 Å². The number of benzene rings is 2. The van der Waals surface area contributed by atoms with Crippen molar-refractivity contribution in [2.24, 2.45) is 0 Å². The molecule has 0 bridgehead atoms. The van der Waals surface area contributed by atoms with Crippen molar-refractivity contribution in [2.75, 3.05) is 19.6 Å². The van der Waals surface area contributed by atoms with Gasteiger partial charge in [0.15, 0.2) is 0 Å². The normalized spacial score (nSPS) is 20.3. The number of nitrogens with one attached hydrogen (secondary N) is 1. The number of piperazine rings is 1. The SMILES string of the molecule is C[C@@H]1CN(Cc2ccc(F)cc2)CCN1C(=O)/C=C/c1ccc(Cl)cc1CN1C(=O)NC(C)(C)C1=O. The van der Waals surface area contributed by atoms with Crippen LogP contribution >= 0.6 is 11.6 Å². The molecule has 4 amide bonds. The molecule has 7 nitrogen and oxygen atoms in total. The minimum absolute atomic E-state index is 0.00850. The third kappa shape index (κ3) is 5.77. The van der Waals surface area contributed by atoms with E-state index in [-0.39, 0.29) is 30.2 Å². The molecule has 190 valence electrons. The molecule has 1 N–H and O–H groups in total. The molecule has 0 unspecified atom stereocenters. The highest BCUT2D eigenvalue weighted by molar-refractivity contribution is 6.30. The second-order valence-corrected chi connectivity index (χ2v) is 10.3. The first-order valence-electron chi connectivity index (χ1n) is 11.9. The van der Waals surface area contributed by atoms with E-state index in [1.165, 1.54) is 18.2 Å². The quantitative estimate of drug-likeness (QED) is 0.468. The lowest BCUT2D eigenvalue weighted by Crippen LogP contribution is -2.53. The lowest BCUT2D eigenvalue weighted by molar-refractivity contribution is -0.131. The van der Waals surface area contributed by atoms with Crippen molar-refractivity contribution in [2.45, 2.75) is 45.4 Å². The summed E-state index contributed by atoms with van der Waals surface area (Å²) in [5.41, 5.74) is 1.45. The van der Waals surface area contributed by atoms with Crippen LogP contribution in [0.15, 0.2) is 48.5 Å². The number of amides is 4. The van der Waals surface area contributed by atoms with Crippen molar-refractivity contribution in [3.05, 3.63) is 76.1 Å². The van der Waals surface area contributed by atoms with Gasteiger partial charge in [0.1, 0.15) is 11.4 Å². The Morgan fingerprint density at radius 3 is 2.50 bits per heavy atom. The Morgan fingerprint density at radius 1 is 1.14 bits per heavy atom. The minimum atomic E-state index is -0.962. The number of rotatable bonds is 6. The predicted octanol–water partition coefficient (Wildman–Crippen LogP) is 4.06. The molecular weight excluding hydrogens is 483 g/mol. The molecule has 2 fully saturated rings. The zero-order valence-corrected chi connectivity index (χ0v) is 21.4. The van der Waals surface area contributed by atoms with E-state index < -0.39 is 11.6 Å². The Labute approximate surface area is 215 Å².